The molecule has 1 saturated heterocycles. The summed E-state index contributed by atoms with van der Waals surface area (Å²) in [6.45, 7) is 9.08. The molecule has 0 aromatic rings. The van der Waals surface area contributed by atoms with Crippen LogP contribution in [0.25, 0.3) is 0 Å². The summed E-state index contributed by atoms with van der Waals surface area (Å²) >= 11 is 0. The molecule has 0 aromatic heterocycles. The first-order valence-electron chi connectivity index (χ1n) is 6.12. The lowest BCUT2D eigenvalue weighted by Crippen LogP contribution is -2.42. The first kappa shape index (κ1) is 13.7. The summed E-state index contributed by atoms with van der Waals surface area (Å²) in [4.78, 5) is 24.9. The first-order chi connectivity index (χ1) is 8.04. The van der Waals surface area contributed by atoms with Crippen molar-refractivity contribution >= 4 is 11.9 Å². The number of carbonyl (C=O) groups excluding carboxylic acids is 2. The van der Waals surface area contributed by atoms with Gasteiger partial charge in [-0.2, -0.15) is 0 Å². The average molecular weight is 239 g/mol. The highest BCUT2D eigenvalue weighted by atomic mass is 16.5. The van der Waals surface area contributed by atoms with Crippen LogP contribution in [0.5, 0.6) is 0 Å². The third-order valence-corrected chi connectivity index (χ3v) is 2.80. The monoisotopic (exact) mass is 239 g/mol. The molecular formula is C13H21NO3. The molecule has 0 N–H and O–H groups in total. The molecule has 1 unspecified atom stereocenters. The number of amides is 1. The second-order valence-corrected chi connectivity index (χ2v) is 4.85. The fourth-order valence-electron chi connectivity index (χ4n) is 1.87. The zero-order valence-corrected chi connectivity index (χ0v) is 10.6. The van der Waals surface area contributed by atoms with E-state index in [1.165, 1.54) is 6.08 Å². The number of ether oxygens (including phenoxy) is 1. The molecule has 1 heterocycles. The van der Waals surface area contributed by atoms with Crippen molar-refractivity contribution in [3.8, 4) is 0 Å². The highest BCUT2D eigenvalue weighted by Gasteiger charge is 2.28. The van der Waals surface area contributed by atoms with Crippen LogP contribution in [0.2, 0.25) is 0 Å². The van der Waals surface area contributed by atoms with E-state index < -0.39 is 0 Å². The molecule has 17 heavy (non-hydrogen) atoms. The van der Waals surface area contributed by atoms with Crippen molar-refractivity contribution in [1.82, 2.24) is 4.90 Å². The Balaban J connectivity index is 2.45. The Bertz CT molecular complexity index is 299. The van der Waals surface area contributed by atoms with Crippen LogP contribution < -0.4 is 0 Å². The van der Waals surface area contributed by atoms with Gasteiger partial charge in [0.1, 0.15) is 0 Å². The topological polar surface area (TPSA) is 46.6 Å². The summed E-state index contributed by atoms with van der Waals surface area (Å²) in [7, 11) is 0. The third kappa shape index (κ3) is 4.21. The normalized spacial score (nSPS) is 20.2. The minimum Gasteiger partial charge on any atom is -0.465 e. The molecule has 96 valence electrons. The van der Waals surface area contributed by atoms with Crippen LogP contribution in [-0.2, 0) is 14.3 Å². The van der Waals surface area contributed by atoms with Gasteiger partial charge in [0, 0.05) is 13.1 Å². The van der Waals surface area contributed by atoms with E-state index in [9.17, 15) is 9.59 Å². The lowest BCUT2D eigenvalue weighted by atomic mass is 9.98. The molecule has 1 amide bonds. The SMILES string of the molecule is C=CC(=O)N1CCCC(C(=O)OCC(C)C)C1. The summed E-state index contributed by atoms with van der Waals surface area (Å²) in [5.74, 6) is -0.119. The molecule has 1 aliphatic rings. The van der Waals surface area contributed by atoms with E-state index in [2.05, 4.69) is 6.58 Å². The number of hydrogen-bond acceptors (Lipinski definition) is 3. The summed E-state index contributed by atoms with van der Waals surface area (Å²) in [6, 6.07) is 0. The van der Waals surface area contributed by atoms with Gasteiger partial charge >= 0.3 is 5.97 Å². The molecule has 0 bridgehead atoms. The summed E-state index contributed by atoms with van der Waals surface area (Å²) in [5, 5.41) is 0. The highest BCUT2D eigenvalue weighted by Crippen LogP contribution is 2.18. The zero-order valence-electron chi connectivity index (χ0n) is 10.6. The second kappa shape index (κ2) is 6.42. The molecule has 1 aliphatic heterocycles. The third-order valence-electron chi connectivity index (χ3n) is 2.80. The minimum absolute atomic E-state index is 0.105. The van der Waals surface area contributed by atoms with E-state index in [0.717, 1.165) is 12.8 Å². The maximum Gasteiger partial charge on any atom is 0.310 e. The van der Waals surface area contributed by atoms with Crippen molar-refractivity contribution in [2.45, 2.75) is 26.7 Å². The first-order valence-corrected chi connectivity index (χ1v) is 6.12. The van der Waals surface area contributed by atoms with Crippen molar-refractivity contribution in [3.63, 3.8) is 0 Å². The van der Waals surface area contributed by atoms with E-state index >= 15 is 0 Å². The highest BCUT2D eigenvalue weighted by molar-refractivity contribution is 5.87. The van der Waals surface area contributed by atoms with Gasteiger partial charge in [0.15, 0.2) is 0 Å². The van der Waals surface area contributed by atoms with Gasteiger partial charge in [0.05, 0.1) is 12.5 Å². The molecule has 4 heteroatoms. The predicted molar refractivity (Wildman–Crippen MR) is 65.3 cm³/mol. The van der Waals surface area contributed by atoms with Crippen LogP contribution in [0.15, 0.2) is 12.7 Å². The van der Waals surface area contributed by atoms with Gasteiger partial charge in [-0.05, 0) is 24.8 Å². The maximum atomic E-state index is 11.8. The zero-order chi connectivity index (χ0) is 12.8. The van der Waals surface area contributed by atoms with Crippen LogP contribution in [-0.4, -0.2) is 36.5 Å². The van der Waals surface area contributed by atoms with Gasteiger partial charge in [0.2, 0.25) is 5.91 Å². The van der Waals surface area contributed by atoms with Gasteiger partial charge in [-0.15, -0.1) is 0 Å². The Hall–Kier alpha value is -1.32. The fourth-order valence-corrected chi connectivity index (χ4v) is 1.87. The van der Waals surface area contributed by atoms with E-state index in [4.69, 9.17) is 4.74 Å². The number of likely N-dealkylation sites (tertiary alicyclic amines) is 1. The summed E-state index contributed by atoms with van der Waals surface area (Å²) in [5.41, 5.74) is 0. The molecule has 4 nitrogen and oxygen atoms in total. The molecule has 1 atom stereocenters. The number of rotatable bonds is 4. The van der Waals surface area contributed by atoms with E-state index in [1.807, 2.05) is 13.8 Å². The molecule has 0 saturated carbocycles. The lowest BCUT2D eigenvalue weighted by molar-refractivity contribution is -0.152. The number of nitrogens with zero attached hydrogens (tertiary/aromatic N) is 1. The number of piperidine rings is 1. The molecule has 0 aromatic carbocycles. The molecule has 1 fully saturated rings. The number of esters is 1. The van der Waals surface area contributed by atoms with Gasteiger partial charge in [-0.3, -0.25) is 9.59 Å². The number of hydrogen-bond donors (Lipinski definition) is 0. The Morgan fingerprint density at radius 2 is 2.24 bits per heavy atom. The standard InChI is InChI=1S/C13H21NO3/c1-4-12(15)14-7-5-6-11(8-14)13(16)17-9-10(2)3/h4,10-11H,1,5-9H2,2-3H3. The molecule has 0 radical (unpaired) electrons. The van der Waals surface area contributed by atoms with E-state index in [0.29, 0.717) is 25.6 Å². The Morgan fingerprint density at radius 1 is 1.53 bits per heavy atom. The summed E-state index contributed by atoms with van der Waals surface area (Å²) in [6.07, 6.45) is 2.95. The van der Waals surface area contributed by atoms with Gasteiger partial charge in [-0.1, -0.05) is 20.4 Å². The predicted octanol–water partition coefficient (Wildman–Crippen LogP) is 1.61. The minimum atomic E-state index is -0.180. The average Bonchev–Trinajstić information content (AvgIpc) is 2.35. The fraction of sp³-hybridized carbons (Fsp3) is 0.692. The summed E-state index contributed by atoms with van der Waals surface area (Å²) < 4.78 is 5.20. The molecule has 0 aliphatic carbocycles. The number of carbonyl (C=O) groups is 2. The van der Waals surface area contributed by atoms with Gasteiger partial charge < -0.3 is 9.64 Å². The quantitative estimate of drug-likeness (QED) is 0.553. The van der Waals surface area contributed by atoms with Crippen LogP contribution in [0.1, 0.15) is 26.7 Å². The largest absolute Gasteiger partial charge is 0.465 e. The lowest BCUT2D eigenvalue weighted by Gasteiger charge is -2.30. The Morgan fingerprint density at radius 3 is 2.82 bits per heavy atom. The van der Waals surface area contributed by atoms with Crippen LogP contribution in [0, 0.1) is 11.8 Å². The van der Waals surface area contributed by atoms with E-state index in [-0.39, 0.29) is 17.8 Å². The smallest absolute Gasteiger partial charge is 0.310 e. The van der Waals surface area contributed by atoms with Crippen molar-refractivity contribution in [3.05, 3.63) is 12.7 Å². The second-order valence-electron chi connectivity index (χ2n) is 4.85. The van der Waals surface area contributed by atoms with Crippen LogP contribution in [0.3, 0.4) is 0 Å². The van der Waals surface area contributed by atoms with Crippen molar-refractivity contribution < 1.29 is 14.3 Å². The van der Waals surface area contributed by atoms with Gasteiger partial charge in [-0.25, -0.2) is 0 Å². The molecular weight excluding hydrogens is 218 g/mol. The van der Waals surface area contributed by atoms with Gasteiger partial charge in [0.25, 0.3) is 0 Å². The maximum absolute atomic E-state index is 11.8. The van der Waals surface area contributed by atoms with Crippen molar-refractivity contribution in [1.29, 1.82) is 0 Å². The van der Waals surface area contributed by atoms with Crippen LogP contribution in [0.4, 0.5) is 0 Å². The molecule has 1 rings (SSSR count). The van der Waals surface area contributed by atoms with Crippen LogP contribution >= 0.6 is 0 Å². The Kier molecular flexibility index (Phi) is 5.19. The molecule has 0 spiro atoms. The van der Waals surface area contributed by atoms with Crippen molar-refractivity contribution in [2.75, 3.05) is 19.7 Å². The Labute approximate surface area is 103 Å². The van der Waals surface area contributed by atoms with E-state index in [1.54, 1.807) is 4.90 Å². The van der Waals surface area contributed by atoms with Crippen molar-refractivity contribution in [2.24, 2.45) is 11.8 Å².